The van der Waals surface area contributed by atoms with Crippen molar-refractivity contribution in [1.29, 1.82) is 0 Å². The Morgan fingerprint density at radius 3 is 1.65 bits per heavy atom. The van der Waals surface area contributed by atoms with Crippen LogP contribution in [0.1, 0.15) is 0 Å². The molecule has 0 saturated carbocycles. The maximum Gasteiger partial charge on any atom is 0.458 e. The summed E-state index contributed by atoms with van der Waals surface area (Å²) in [5.74, 6) is -14.4. The predicted molar refractivity (Wildman–Crippen MR) is 33.3 cm³/mol. The van der Waals surface area contributed by atoms with E-state index >= 15 is 0 Å². The molecular formula is C7F10. The molecule has 1 aliphatic rings. The zero-order valence-corrected chi connectivity index (χ0v) is 7.28. The summed E-state index contributed by atoms with van der Waals surface area (Å²) >= 11 is 0. The number of rotatable bonds is 1. The lowest BCUT2D eigenvalue weighted by atomic mass is 9.82. The molecule has 0 aromatic carbocycles. The lowest BCUT2D eigenvalue weighted by Crippen LogP contribution is -2.48. The Hall–Kier alpha value is -1.22. The summed E-state index contributed by atoms with van der Waals surface area (Å²) < 4.78 is 121. The highest BCUT2D eigenvalue weighted by molar-refractivity contribution is 5.58. The van der Waals surface area contributed by atoms with E-state index in [4.69, 9.17) is 0 Å². The summed E-state index contributed by atoms with van der Waals surface area (Å²) in [5.41, 5.74) is -5.94. The smallest absolute Gasteiger partial charge is 0.204 e. The summed E-state index contributed by atoms with van der Waals surface area (Å²) in [5, 5.41) is 0. The number of hydrogen-bond acceptors (Lipinski definition) is 0. The maximum atomic E-state index is 12.5. The van der Waals surface area contributed by atoms with Gasteiger partial charge in [0.05, 0.1) is 5.57 Å². The predicted octanol–water partition coefficient (Wildman–Crippen LogP) is 4.21. The standard InChI is InChI=1S/C7F10/c8-3-1(6(13,14)7(15,16)17)2(4(9)10)5(3,11)12. The van der Waals surface area contributed by atoms with Crippen molar-refractivity contribution < 1.29 is 43.9 Å². The topological polar surface area (TPSA) is 0 Å². The molecule has 0 N–H and O–H groups in total. The van der Waals surface area contributed by atoms with Crippen LogP contribution in [-0.2, 0) is 0 Å². The normalized spacial score (nSPS) is 20.5. The highest BCUT2D eigenvalue weighted by Crippen LogP contribution is 2.59. The van der Waals surface area contributed by atoms with Crippen molar-refractivity contribution in [2.75, 3.05) is 0 Å². The molecule has 0 saturated heterocycles. The van der Waals surface area contributed by atoms with E-state index in [0.29, 0.717) is 0 Å². The second-order valence-corrected chi connectivity index (χ2v) is 2.97. The molecule has 1 aliphatic carbocycles. The Labute approximate surface area is 86.2 Å². The van der Waals surface area contributed by atoms with E-state index in [1.165, 1.54) is 0 Å². The molecule has 0 amide bonds. The lowest BCUT2D eigenvalue weighted by Gasteiger charge is -2.35. The Morgan fingerprint density at radius 2 is 1.35 bits per heavy atom. The van der Waals surface area contributed by atoms with E-state index in [-0.39, 0.29) is 0 Å². The largest absolute Gasteiger partial charge is 0.458 e. The van der Waals surface area contributed by atoms with Crippen LogP contribution in [0.4, 0.5) is 43.9 Å². The Morgan fingerprint density at radius 1 is 0.941 bits per heavy atom. The first-order chi connectivity index (χ1) is 7.35. The van der Waals surface area contributed by atoms with Gasteiger partial charge in [-0.05, 0) is 0 Å². The molecule has 0 aliphatic heterocycles. The van der Waals surface area contributed by atoms with Crippen LogP contribution in [0, 0.1) is 0 Å². The second kappa shape index (κ2) is 3.39. The van der Waals surface area contributed by atoms with Gasteiger partial charge in [-0.25, -0.2) is 4.39 Å². The zero-order chi connectivity index (χ0) is 13.8. The van der Waals surface area contributed by atoms with Crippen molar-refractivity contribution in [3.8, 4) is 0 Å². The molecule has 0 aromatic heterocycles. The fourth-order valence-electron chi connectivity index (χ4n) is 1.12. The van der Waals surface area contributed by atoms with E-state index < -0.39 is 41.1 Å². The van der Waals surface area contributed by atoms with Gasteiger partial charge in [0.15, 0.2) is 5.83 Å². The Balaban J connectivity index is 3.45. The van der Waals surface area contributed by atoms with Gasteiger partial charge in [-0.1, -0.05) is 0 Å². The number of alkyl halides is 7. The van der Waals surface area contributed by atoms with Crippen molar-refractivity contribution in [2.24, 2.45) is 0 Å². The summed E-state index contributed by atoms with van der Waals surface area (Å²) in [6, 6.07) is 0. The molecule has 98 valence electrons. The molecular weight excluding hydrogens is 274 g/mol. The highest BCUT2D eigenvalue weighted by Gasteiger charge is 2.71. The first-order valence-electron chi connectivity index (χ1n) is 3.64. The van der Waals surface area contributed by atoms with Crippen molar-refractivity contribution in [1.82, 2.24) is 0 Å². The molecule has 1 rings (SSSR count). The summed E-state index contributed by atoms with van der Waals surface area (Å²) in [4.78, 5) is 0. The average Bonchev–Trinajstić information content (AvgIpc) is 2.09. The van der Waals surface area contributed by atoms with Crippen molar-refractivity contribution >= 4 is 0 Å². The van der Waals surface area contributed by atoms with E-state index in [2.05, 4.69) is 0 Å². The Kier molecular flexibility index (Phi) is 2.76. The third-order valence-corrected chi connectivity index (χ3v) is 1.92. The van der Waals surface area contributed by atoms with E-state index in [9.17, 15) is 43.9 Å². The molecule has 0 aromatic rings. The number of hydrogen-bond donors (Lipinski definition) is 0. The SMILES string of the molecule is FC(F)=C1C(C(F)(F)C(F)(F)F)=C(F)C1(F)F. The number of allylic oxidation sites excluding steroid dienone is 3. The van der Waals surface area contributed by atoms with Crippen molar-refractivity contribution in [3.63, 3.8) is 0 Å². The van der Waals surface area contributed by atoms with Gasteiger partial charge in [0.2, 0.25) is 0 Å². The van der Waals surface area contributed by atoms with Gasteiger partial charge in [-0.15, -0.1) is 0 Å². The molecule has 10 heteroatoms. The first kappa shape index (κ1) is 13.8. The van der Waals surface area contributed by atoms with Crippen molar-refractivity contribution in [3.05, 3.63) is 23.1 Å². The van der Waals surface area contributed by atoms with Gasteiger partial charge < -0.3 is 0 Å². The van der Waals surface area contributed by atoms with Crippen LogP contribution < -0.4 is 0 Å². The van der Waals surface area contributed by atoms with Gasteiger partial charge in [0.1, 0.15) is 5.57 Å². The molecule has 0 bridgehead atoms. The monoisotopic (exact) mass is 274 g/mol. The molecule has 0 spiro atoms. The first-order valence-corrected chi connectivity index (χ1v) is 3.64. The molecule has 0 radical (unpaired) electrons. The zero-order valence-electron chi connectivity index (χ0n) is 7.28. The minimum absolute atomic E-state index is 2.92. The van der Waals surface area contributed by atoms with Gasteiger partial charge in [-0.2, -0.15) is 39.5 Å². The molecule has 0 heterocycles. The number of halogens is 10. The average molecular weight is 274 g/mol. The summed E-state index contributed by atoms with van der Waals surface area (Å²) in [6.45, 7) is 0. The maximum absolute atomic E-state index is 12.5. The summed E-state index contributed by atoms with van der Waals surface area (Å²) in [6.07, 6.45) is -9.94. The van der Waals surface area contributed by atoms with E-state index in [1.807, 2.05) is 0 Å². The van der Waals surface area contributed by atoms with Gasteiger partial charge >= 0.3 is 18.0 Å². The molecule has 17 heavy (non-hydrogen) atoms. The molecule has 0 fully saturated rings. The Bertz CT molecular complexity index is 405. The van der Waals surface area contributed by atoms with E-state index in [0.717, 1.165) is 0 Å². The van der Waals surface area contributed by atoms with Crippen molar-refractivity contribution in [2.45, 2.75) is 18.0 Å². The molecule has 0 atom stereocenters. The fraction of sp³-hybridized carbons (Fsp3) is 0.429. The van der Waals surface area contributed by atoms with Gasteiger partial charge in [0, 0.05) is 0 Å². The van der Waals surface area contributed by atoms with Crippen LogP contribution in [0.3, 0.4) is 0 Å². The van der Waals surface area contributed by atoms with Crippen LogP contribution in [-0.4, -0.2) is 18.0 Å². The van der Waals surface area contributed by atoms with Crippen LogP contribution in [0.15, 0.2) is 23.1 Å². The second-order valence-electron chi connectivity index (χ2n) is 2.97. The van der Waals surface area contributed by atoms with Crippen LogP contribution in [0.2, 0.25) is 0 Å². The highest BCUT2D eigenvalue weighted by atomic mass is 19.4. The lowest BCUT2D eigenvalue weighted by molar-refractivity contribution is -0.267. The summed E-state index contributed by atoms with van der Waals surface area (Å²) in [7, 11) is 0. The third kappa shape index (κ3) is 1.69. The molecule has 0 nitrogen and oxygen atoms in total. The van der Waals surface area contributed by atoms with Crippen LogP contribution in [0.5, 0.6) is 0 Å². The van der Waals surface area contributed by atoms with Crippen LogP contribution >= 0.6 is 0 Å². The minimum Gasteiger partial charge on any atom is -0.204 e. The fourth-order valence-corrected chi connectivity index (χ4v) is 1.12. The third-order valence-electron chi connectivity index (χ3n) is 1.92. The quantitative estimate of drug-likeness (QED) is 0.628. The van der Waals surface area contributed by atoms with E-state index in [1.54, 1.807) is 0 Å². The van der Waals surface area contributed by atoms with Crippen LogP contribution in [0.25, 0.3) is 0 Å². The van der Waals surface area contributed by atoms with Gasteiger partial charge in [0.25, 0.3) is 6.08 Å². The minimum atomic E-state index is -6.45. The molecule has 0 unspecified atom stereocenters. The van der Waals surface area contributed by atoms with Gasteiger partial charge in [-0.3, -0.25) is 0 Å².